The van der Waals surface area contributed by atoms with E-state index in [1.807, 2.05) is 0 Å². The highest BCUT2D eigenvalue weighted by atomic mass is 16.5. The number of carboxylic acid groups (broad SMARTS) is 1. The van der Waals surface area contributed by atoms with Crippen molar-refractivity contribution in [1.29, 1.82) is 0 Å². The molecule has 0 spiro atoms. The van der Waals surface area contributed by atoms with Crippen molar-refractivity contribution < 1.29 is 19.2 Å². The van der Waals surface area contributed by atoms with Crippen LogP contribution in [0.15, 0.2) is 10.6 Å². The zero-order chi connectivity index (χ0) is 13.9. The summed E-state index contributed by atoms with van der Waals surface area (Å²) in [5, 5.41) is 12.5. The van der Waals surface area contributed by atoms with E-state index in [1.54, 1.807) is 33.9 Å². The molecular weight excluding hydrogens is 236 g/mol. The zero-order valence-corrected chi connectivity index (χ0v) is 11.1. The van der Waals surface area contributed by atoms with E-state index in [0.29, 0.717) is 11.5 Å². The van der Waals surface area contributed by atoms with Crippen LogP contribution in [0, 0.1) is 6.92 Å². The average Bonchev–Trinajstić information content (AvgIpc) is 2.60. The number of carboxylic acids is 1. The Kier molecular flexibility index (Phi) is 4.11. The fourth-order valence-corrected chi connectivity index (χ4v) is 1.60. The first-order valence-corrected chi connectivity index (χ1v) is 5.63. The molecule has 1 aromatic rings. The number of rotatable bonds is 5. The summed E-state index contributed by atoms with van der Waals surface area (Å²) < 4.78 is 4.88. The third-order valence-corrected chi connectivity index (χ3v) is 2.88. The first-order valence-electron chi connectivity index (χ1n) is 5.63. The Hall–Kier alpha value is -1.85. The van der Waals surface area contributed by atoms with Crippen molar-refractivity contribution in [2.75, 3.05) is 7.05 Å². The molecule has 1 amide bonds. The van der Waals surface area contributed by atoms with Gasteiger partial charge in [-0.2, -0.15) is 0 Å². The van der Waals surface area contributed by atoms with Gasteiger partial charge >= 0.3 is 5.97 Å². The molecular formula is C12H18N2O4. The van der Waals surface area contributed by atoms with Gasteiger partial charge in [-0.25, -0.2) is 0 Å². The van der Waals surface area contributed by atoms with Gasteiger partial charge in [-0.3, -0.25) is 9.59 Å². The molecule has 0 unspecified atom stereocenters. The number of aliphatic carboxylic acids is 1. The molecule has 0 aliphatic carbocycles. The van der Waals surface area contributed by atoms with E-state index < -0.39 is 11.5 Å². The summed E-state index contributed by atoms with van der Waals surface area (Å²) in [6.07, 6.45) is 0.00394. The van der Waals surface area contributed by atoms with E-state index in [2.05, 4.69) is 5.16 Å². The molecule has 0 saturated carbocycles. The molecule has 0 saturated heterocycles. The molecule has 0 bridgehead atoms. The number of hydrogen-bond donors (Lipinski definition) is 1. The number of aromatic nitrogens is 1. The second kappa shape index (κ2) is 5.20. The lowest BCUT2D eigenvalue weighted by molar-refractivity contribution is -0.142. The van der Waals surface area contributed by atoms with Crippen molar-refractivity contribution >= 4 is 11.9 Å². The minimum atomic E-state index is -0.933. The van der Waals surface area contributed by atoms with Crippen LogP contribution in [-0.4, -0.2) is 39.6 Å². The first-order chi connectivity index (χ1) is 8.22. The maximum atomic E-state index is 12.0. The molecule has 0 aliphatic rings. The molecule has 0 atom stereocenters. The van der Waals surface area contributed by atoms with E-state index in [0.717, 1.165) is 0 Å². The van der Waals surface area contributed by atoms with Gasteiger partial charge in [0, 0.05) is 18.7 Å². The molecule has 6 nitrogen and oxygen atoms in total. The molecule has 1 heterocycles. The molecule has 18 heavy (non-hydrogen) atoms. The van der Waals surface area contributed by atoms with E-state index in [-0.39, 0.29) is 18.7 Å². The van der Waals surface area contributed by atoms with E-state index in [1.165, 1.54) is 4.90 Å². The monoisotopic (exact) mass is 254 g/mol. The first kappa shape index (κ1) is 14.2. The summed E-state index contributed by atoms with van der Waals surface area (Å²) in [6.45, 7) is 5.18. The van der Waals surface area contributed by atoms with Crippen molar-refractivity contribution in [2.45, 2.75) is 39.2 Å². The lowest BCUT2D eigenvalue weighted by Gasteiger charge is -2.34. The van der Waals surface area contributed by atoms with Gasteiger partial charge in [-0.1, -0.05) is 5.16 Å². The molecule has 6 heteroatoms. The Morgan fingerprint density at radius 2 is 2.11 bits per heavy atom. The average molecular weight is 254 g/mol. The van der Waals surface area contributed by atoms with Crippen LogP contribution in [0.4, 0.5) is 0 Å². The predicted molar refractivity (Wildman–Crippen MR) is 64.0 cm³/mol. The summed E-state index contributed by atoms with van der Waals surface area (Å²) >= 11 is 0. The van der Waals surface area contributed by atoms with E-state index in [4.69, 9.17) is 9.63 Å². The lowest BCUT2D eigenvalue weighted by atomic mass is 9.98. The summed E-state index contributed by atoms with van der Waals surface area (Å²) in [4.78, 5) is 24.2. The maximum absolute atomic E-state index is 12.0. The minimum Gasteiger partial charge on any atom is -0.481 e. The zero-order valence-electron chi connectivity index (χ0n) is 11.1. The highest BCUT2D eigenvalue weighted by Gasteiger charge is 2.30. The van der Waals surface area contributed by atoms with Gasteiger partial charge in [-0.05, 0) is 20.8 Å². The number of hydrogen-bond acceptors (Lipinski definition) is 4. The summed E-state index contributed by atoms with van der Waals surface area (Å²) in [6, 6.07) is 1.69. The van der Waals surface area contributed by atoms with Crippen molar-refractivity contribution in [2.24, 2.45) is 0 Å². The fourth-order valence-electron chi connectivity index (χ4n) is 1.60. The van der Waals surface area contributed by atoms with Gasteiger partial charge in [0.1, 0.15) is 5.76 Å². The van der Waals surface area contributed by atoms with Crippen molar-refractivity contribution in [3.05, 3.63) is 17.5 Å². The molecule has 1 aromatic heterocycles. The molecule has 0 fully saturated rings. The normalized spacial score (nSPS) is 11.3. The SMILES string of the molecule is Cc1cc(CC(=O)N(C)C(C)(C)CC(=O)O)no1. The van der Waals surface area contributed by atoms with Crippen LogP contribution in [0.25, 0.3) is 0 Å². The number of nitrogens with zero attached hydrogens (tertiary/aromatic N) is 2. The van der Waals surface area contributed by atoms with Gasteiger partial charge in [-0.15, -0.1) is 0 Å². The number of amides is 1. The highest BCUT2D eigenvalue weighted by molar-refractivity contribution is 5.79. The third-order valence-electron chi connectivity index (χ3n) is 2.88. The quantitative estimate of drug-likeness (QED) is 0.854. The maximum Gasteiger partial charge on any atom is 0.305 e. The van der Waals surface area contributed by atoms with Gasteiger partial charge in [0.05, 0.1) is 18.5 Å². The lowest BCUT2D eigenvalue weighted by Crippen LogP contribution is -2.47. The molecule has 0 aromatic carbocycles. The van der Waals surface area contributed by atoms with Crippen LogP contribution in [0.2, 0.25) is 0 Å². The second-order valence-electron chi connectivity index (χ2n) is 4.94. The Bertz CT molecular complexity index is 451. The van der Waals surface area contributed by atoms with Gasteiger partial charge < -0.3 is 14.5 Å². The number of aryl methyl sites for hydroxylation is 1. The summed E-state index contributed by atoms with van der Waals surface area (Å²) in [5.41, 5.74) is -0.183. The fraction of sp³-hybridized carbons (Fsp3) is 0.583. The van der Waals surface area contributed by atoms with E-state index in [9.17, 15) is 9.59 Å². The van der Waals surface area contributed by atoms with Crippen LogP contribution in [0.3, 0.4) is 0 Å². The van der Waals surface area contributed by atoms with Crippen LogP contribution < -0.4 is 0 Å². The van der Waals surface area contributed by atoms with Crippen molar-refractivity contribution in [3.8, 4) is 0 Å². The molecule has 0 radical (unpaired) electrons. The van der Waals surface area contributed by atoms with Crippen LogP contribution in [0.1, 0.15) is 31.7 Å². The van der Waals surface area contributed by atoms with Crippen LogP contribution in [-0.2, 0) is 16.0 Å². The van der Waals surface area contributed by atoms with Crippen LogP contribution in [0.5, 0.6) is 0 Å². The largest absolute Gasteiger partial charge is 0.481 e. The predicted octanol–water partition coefficient (Wildman–Crippen LogP) is 1.24. The Balaban J connectivity index is 2.68. The molecule has 1 N–H and O–H groups in total. The Morgan fingerprint density at radius 3 is 2.56 bits per heavy atom. The third kappa shape index (κ3) is 3.58. The standard InChI is InChI=1S/C12H18N2O4/c1-8-5-9(13-18-8)6-10(15)14(4)12(2,3)7-11(16)17/h5H,6-7H2,1-4H3,(H,16,17). The topological polar surface area (TPSA) is 83.6 Å². The highest BCUT2D eigenvalue weighted by Crippen LogP contribution is 2.18. The van der Waals surface area contributed by atoms with Gasteiger partial charge in [0.2, 0.25) is 5.91 Å². The molecule has 100 valence electrons. The van der Waals surface area contributed by atoms with Crippen molar-refractivity contribution in [1.82, 2.24) is 10.1 Å². The van der Waals surface area contributed by atoms with Gasteiger partial charge in [0.25, 0.3) is 0 Å². The second-order valence-corrected chi connectivity index (χ2v) is 4.94. The summed E-state index contributed by atoms with van der Waals surface area (Å²) in [5.74, 6) is -0.475. The number of likely N-dealkylation sites (N-methyl/N-ethyl adjacent to an activating group) is 1. The number of carbonyl (C=O) groups excluding carboxylic acids is 1. The smallest absolute Gasteiger partial charge is 0.305 e. The number of carbonyl (C=O) groups is 2. The van der Waals surface area contributed by atoms with Crippen molar-refractivity contribution in [3.63, 3.8) is 0 Å². The minimum absolute atomic E-state index is 0.104. The van der Waals surface area contributed by atoms with E-state index >= 15 is 0 Å². The Labute approximate surface area is 106 Å². The van der Waals surface area contributed by atoms with Crippen LogP contribution >= 0.6 is 0 Å². The summed E-state index contributed by atoms with van der Waals surface area (Å²) in [7, 11) is 1.60. The molecule has 0 aliphatic heterocycles. The van der Waals surface area contributed by atoms with Gasteiger partial charge in [0.15, 0.2) is 0 Å². The Morgan fingerprint density at radius 1 is 1.50 bits per heavy atom. The molecule has 1 rings (SSSR count).